The van der Waals surface area contributed by atoms with Gasteiger partial charge in [-0.25, -0.2) is 9.59 Å². The summed E-state index contributed by atoms with van der Waals surface area (Å²) in [7, 11) is 1.53. The summed E-state index contributed by atoms with van der Waals surface area (Å²) in [5, 5.41) is 3.41. The summed E-state index contributed by atoms with van der Waals surface area (Å²) in [5.41, 5.74) is 1.37. The highest BCUT2D eigenvalue weighted by Gasteiger charge is 2.24. The summed E-state index contributed by atoms with van der Waals surface area (Å²) in [4.78, 5) is 26.0. The van der Waals surface area contributed by atoms with Crippen LogP contribution in [0.5, 0.6) is 11.5 Å². The molecule has 0 saturated carbocycles. The Morgan fingerprint density at radius 2 is 1.91 bits per heavy atom. The van der Waals surface area contributed by atoms with Gasteiger partial charge in [0.25, 0.3) is 0 Å². The minimum Gasteiger partial charge on any atom is -0.493 e. The number of esters is 1. The molecule has 2 aromatic carbocycles. The first-order valence-corrected chi connectivity index (χ1v) is 10.8. The Balaban J connectivity index is 1.46. The van der Waals surface area contributed by atoms with E-state index in [9.17, 15) is 9.59 Å². The SMILES string of the molecule is CCOC(=O)c1ccc(OCC[C@@H]2CN(C(=O)OCc3ccccc3)CCN2)c(OC)c1. The van der Waals surface area contributed by atoms with E-state index in [0.29, 0.717) is 56.3 Å². The maximum absolute atomic E-state index is 12.4. The molecule has 1 amide bonds. The van der Waals surface area contributed by atoms with Gasteiger partial charge in [0.1, 0.15) is 6.61 Å². The average molecular weight is 443 g/mol. The fraction of sp³-hybridized carbons (Fsp3) is 0.417. The molecule has 1 atom stereocenters. The summed E-state index contributed by atoms with van der Waals surface area (Å²) < 4.78 is 21.7. The fourth-order valence-electron chi connectivity index (χ4n) is 3.43. The molecule has 0 aliphatic carbocycles. The second-order valence-electron chi connectivity index (χ2n) is 7.36. The molecule has 172 valence electrons. The van der Waals surface area contributed by atoms with Gasteiger partial charge in [-0.1, -0.05) is 30.3 Å². The lowest BCUT2D eigenvalue weighted by molar-refractivity contribution is 0.0525. The van der Waals surface area contributed by atoms with Gasteiger partial charge in [0.05, 0.1) is 25.9 Å². The predicted molar refractivity (Wildman–Crippen MR) is 119 cm³/mol. The van der Waals surface area contributed by atoms with E-state index in [1.807, 2.05) is 30.3 Å². The monoisotopic (exact) mass is 442 g/mol. The van der Waals surface area contributed by atoms with Crippen molar-refractivity contribution in [3.63, 3.8) is 0 Å². The Morgan fingerprint density at radius 1 is 1.09 bits per heavy atom. The Kier molecular flexibility index (Phi) is 8.74. The van der Waals surface area contributed by atoms with Gasteiger partial charge >= 0.3 is 12.1 Å². The number of methoxy groups -OCH3 is 1. The minimum absolute atomic E-state index is 0.0952. The van der Waals surface area contributed by atoms with E-state index in [1.54, 1.807) is 30.0 Å². The number of hydrogen-bond acceptors (Lipinski definition) is 7. The van der Waals surface area contributed by atoms with Crippen LogP contribution < -0.4 is 14.8 Å². The summed E-state index contributed by atoms with van der Waals surface area (Å²) in [6, 6.07) is 14.7. The lowest BCUT2D eigenvalue weighted by atomic mass is 10.1. The van der Waals surface area contributed by atoms with Crippen molar-refractivity contribution in [1.29, 1.82) is 0 Å². The van der Waals surface area contributed by atoms with Crippen molar-refractivity contribution in [3.8, 4) is 11.5 Å². The van der Waals surface area contributed by atoms with Crippen molar-refractivity contribution in [3.05, 3.63) is 59.7 Å². The van der Waals surface area contributed by atoms with Crippen molar-refractivity contribution in [1.82, 2.24) is 10.2 Å². The number of rotatable bonds is 9. The second-order valence-corrected chi connectivity index (χ2v) is 7.36. The fourth-order valence-corrected chi connectivity index (χ4v) is 3.43. The van der Waals surface area contributed by atoms with E-state index in [0.717, 1.165) is 5.56 Å². The van der Waals surface area contributed by atoms with Crippen LogP contribution in [0.4, 0.5) is 4.79 Å². The zero-order chi connectivity index (χ0) is 22.8. The van der Waals surface area contributed by atoms with Gasteiger partial charge in [-0.05, 0) is 37.1 Å². The number of nitrogens with one attached hydrogen (secondary N) is 1. The number of piperazine rings is 1. The Hall–Kier alpha value is -3.26. The number of ether oxygens (including phenoxy) is 4. The molecule has 8 heteroatoms. The lowest BCUT2D eigenvalue weighted by Gasteiger charge is -2.33. The van der Waals surface area contributed by atoms with E-state index in [2.05, 4.69) is 5.32 Å². The van der Waals surface area contributed by atoms with Crippen LogP contribution in [0.3, 0.4) is 0 Å². The second kappa shape index (κ2) is 12.0. The van der Waals surface area contributed by atoms with Crippen LogP contribution in [0.2, 0.25) is 0 Å². The van der Waals surface area contributed by atoms with Crippen molar-refractivity contribution < 1.29 is 28.5 Å². The molecule has 2 aromatic rings. The van der Waals surface area contributed by atoms with Gasteiger partial charge in [-0.15, -0.1) is 0 Å². The molecule has 0 unspecified atom stereocenters. The van der Waals surface area contributed by atoms with Crippen LogP contribution in [-0.4, -0.2) is 63.0 Å². The molecular weight excluding hydrogens is 412 g/mol. The van der Waals surface area contributed by atoms with E-state index < -0.39 is 5.97 Å². The van der Waals surface area contributed by atoms with E-state index in [4.69, 9.17) is 18.9 Å². The van der Waals surface area contributed by atoms with E-state index in [1.165, 1.54) is 7.11 Å². The molecule has 3 rings (SSSR count). The van der Waals surface area contributed by atoms with Crippen LogP contribution in [0.15, 0.2) is 48.5 Å². The first-order valence-electron chi connectivity index (χ1n) is 10.8. The molecule has 1 saturated heterocycles. The number of hydrogen-bond donors (Lipinski definition) is 1. The molecule has 0 radical (unpaired) electrons. The molecule has 1 N–H and O–H groups in total. The van der Waals surface area contributed by atoms with Gasteiger partial charge in [0.2, 0.25) is 0 Å². The van der Waals surface area contributed by atoms with Crippen LogP contribution >= 0.6 is 0 Å². The lowest BCUT2D eigenvalue weighted by Crippen LogP contribution is -2.53. The maximum Gasteiger partial charge on any atom is 0.410 e. The summed E-state index contributed by atoms with van der Waals surface area (Å²) >= 11 is 0. The van der Waals surface area contributed by atoms with Gasteiger partial charge in [0, 0.05) is 25.7 Å². The van der Waals surface area contributed by atoms with Crippen LogP contribution in [0, 0.1) is 0 Å². The molecule has 8 nitrogen and oxygen atoms in total. The predicted octanol–water partition coefficient (Wildman–Crippen LogP) is 3.25. The smallest absolute Gasteiger partial charge is 0.410 e. The van der Waals surface area contributed by atoms with Crippen molar-refractivity contribution in [2.24, 2.45) is 0 Å². The Morgan fingerprint density at radius 3 is 2.66 bits per heavy atom. The van der Waals surface area contributed by atoms with Crippen molar-refractivity contribution in [2.45, 2.75) is 26.0 Å². The molecule has 0 spiro atoms. The van der Waals surface area contributed by atoms with E-state index in [-0.39, 0.29) is 18.7 Å². The largest absolute Gasteiger partial charge is 0.493 e. The first-order chi connectivity index (χ1) is 15.6. The quantitative estimate of drug-likeness (QED) is 0.597. The van der Waals surface area contributed by atoms with E-state index >= 15 is 0 Å². The summed E-state index contributed by atoms with van der Waals surface area (Å²) in [6.45, 7) is 4.62. The van der Waals surface area contributed by atoms with Crippen molar-refractivity contribution in [2.75, 3.05) is 40.0 Å². The highest BCUT2D eigenvalue weighted by Crippen LogP contribution is 2.28. The van der Waals surface area contributed by atoms with Gasteiger partial charge in [-0.2, -0.15) is 0 Å². The van der Waals surface area contributed by atoms with Crippen LogP contribution in [-0.2, 0) is 16.1 Å². The minimum atomic E-state index is -0.400. The zero-order valence-corrected chi connectivity index (χ0v) is 18.5. The highest BCUT2D eigenvalue weighted by molar-refractivity contribution is 5.90. The zero-order valence-electron chi connectivity index (χ0n) is 18.5. The third-order valence-corrected chi connectivity index (χ3v) is 5.12. The molecule has 32 heavy (non-hydrogen) atoms. The molecule has 1 fully saturated rings. The Bertz CT molecular complexity index is 889. The number of carbonyl (C=O) groups is 2. The molecule has 0 bridgehead atoms. The molecule has 1 heterocycles. The maximum atomic E-state index is 12.4. The molecule has 0 aromatic heterocycles. The number of nitrogens with zero attached hydrogens (tertiary/aromatic N) is 1. The third kappa shape index (κ3) is 6.62. The Labute approximate surface area is 188 Å². The third-order valence-electron chi connectivity index (χ3n) is 5.12. The molecular formula is C24H30N2O6. The molecule has 1 aliphatic rings. The average Bonchev–Trinajstić information content (AvgIpc) is 2.83. The standard InChI is InChI=1S/C24H30N2O6/c1-3-30-23(27)19-9-10-21(22(15-19)29-2)31-14-11-20-16-26(13-12-25-20)24(28)32-17-18-7-5-4-6-8-18/h4-10,15,20,25H,3,11-14,16-17H2,1-2H3/t20-/m1/s1. The highest BCUT2D eigenvalue weighted by atomic mass is 16.6. The van der Waals surface area contributed by atoms with Gasteiger partial charge in [-0.3, -0.25) is 0 Å². The topological polar surface area (TPSA) is 86.3 Å². The number of carbonyl (C=O) groups excluding carboxylic acids is 2. The van der Waals surface area contributed by atoms with Crippen LogP contribution in [0.1, 0.15) is 29.3 Å². The summed E-state index contributed by atoms with van der Waals surface area (Å²) in [5.74, 6) is 0.622. The number of benzene rings is 2. The first kappa shape index (κ1) is 23.4. The summed E-state index contributed by atoms with van der Waals surface area (Å²) in [6.07, 6.45) is 0.392. The normalized spacial score (nSPS) is 15.7. The van der Waals surface area contributed by atoms with Crippen LogP contribution in [0.25, 0.3) is 0 Å². The van der Waals surface area contributed by atoms with Gasteiger partial charge in [0.15, 0.2) is 11.5 Å². The van der Waals surface area contributed by atoms with Crippen molar-refractivity contribution >= 4 is 12.1 Å². The van der Waals surface area contributed by atoms with Gasteiger partial charge < -0.3 is 29.2 Å². The number of amides is 1. The molecule has 1 aliphatic heterocycles.